The summed E-state index contributed by atoms with van der Waals surface area (Å²) < 4.78 is 38.8. The highest BCUT2D eigenvalue weighted by atomic mass is 16.5. The number of aromatic hydroxyl groups is 2. The molecule has 2 heterocycles. The number of hydrogen-bond donors (Lipinski definition) is 2. The maximum absolute atomic E-state index is 13.7. The highest BCUT2D eigenvalue weighted by molar-refractivity contribution is 5.98. The Labute approximate surface area is 394 Å². The fraction of sp³-hybridized carbons (Fsp3) is 0.370. The zero-order chi connectivity index (χ0) is 47.9. The van der Waals surface area contributed by atoms with Crippen LogP contribution in [-0.4, -0.2) is 98.9 Å². The second kappa shape index (κ2) is 24.4. The van der Waals surface area contributed by atoms with Crippen LogP contribution in [0.5, 0.6) is 28.7 Å². The van der Waals surface area contributed by atoms with Gasteiger partial charge in [0, 0.05) is 55.6 Å². The van der Waals surface area contributed by atoms with Crippen molar-refractivity contribution in [2.45, 2.75) is 66.4 Å². The van der Waals surface area contributed by atoms with Gasteiger partial charge in [-0.15, -0.1) is 0 Å². The van der Waals surface area contributed by atoms with Crippen molar-refractivity contribution in [3.8, 4) is 28.7 Å². The van der Waals surface area contributed by atoms with Crippen molar-refractivity contribution in [1.29, 1.82) is 0 Å². The number of benzene rings is 5. The van der Waals surface area contributed by atoms with E-state index in [1.54, 1.807) is 25.2 Å². The molecule has 0 atom stereocenters. The van der Waals surface area contributed by atoms with E-state index in [2.05, 4.69) is 12.6 Å². The number of ether oxygens (including phenoxy) is 7. The Kier molecular flexibility index (Phi) is 18.2. The van der Waals surface area contributed by atoms with Crippen LogP contribution in [0.3, 0.4) is 0 Å². The summed E-state index contributed by atoms with van der Waals surface area (Å²) in [5, 5.41) is 20.3. The van der Waals surface area contributed by atoms with Crippen LogP contribution in [0, 0.1) is 6.92 Å². The first-order valence-electron chi connectivity index (χ1n) is 22.6. The standard InChI is InChI=1S/C31H35NO5.C23H29NO6/c1-22(2)26-18-27(23(3)17-30(26)37-21-24-9-6-5-7-10-24)31(33)32-19-25-11-8-12-29(28(25)20-32)36-16-15-35-14-13-34-4;1-15(2)17-11-18(21(26)12-20(17)25)23(27)24-13-16-5-4-6-22(19(16)14-24)30-10-9-29-8-7-28-3/h5-12,17-18H,1,13-16,19-21H2,2-4H3;4-6,11-12,15,25-26H,7-10,13-14H2,1-3H3. The van der Waals surface area contributed by atoms with Gasteiger partial charge in [-0.25, -0.2) is 0 Å². The number of carbonyl (C=O) groups excluding carboxylic acids is 2. The normalized spacial score (nSPS) is 12.6. The first kappa shape index (κ1) is 50.0. The molecular weight excluding hydrogens is 853 g/mol. The zero-order valence-corrected chi connectivity index (χ0v) is 39.6. The summed E-state index contributed by atoms with van der Waals surface area (Å²) in [5.74, 6) is 1.77. The maximum Gasteiger partial charge on any atom is 0.258 e. The first-order valence-corrected chi connectivity index (χ1v) is 22.6. The lowest BCUT2D eigenvalue weighted by Gasteiger charge is -2.20. The number of fused-ring (bicyclic) bond motifs is 2. The fourth-order valence-corrected chi connectivity index (χ4v) is 7.92. The van der Waals surface area contributed by atoms with E-state index in [-0.39, 0.29) is 34.8 Å². The Morgan fingerprint density at radius 2 is 1.13 bits per heavy atom. The number of amides is 2. The van der Waals surface area contributed by atoms with Gasteiger partial charge in [-0.2, -0.15) is 0 Å². The summed E-state index contributed by atoms with van der Waals surface area (Å²) in [4.78, 5) is 30.3. The lowest BCUT2D eigenvalue weighted by molar-refractivity contribution is 0.0541. The molecule has 67 heavy (non-hydrogen) atoms. The van der Waals surface area contributed by atoms with Gasteiger partial charge >= 0.3 is 0 Å². The minimum Gasteiger partial charge on any atom is -0.508 e. The van der Waals surface area contributed by atoms with E-state index in [0.29, 0.717) is 96.8 Å². The van der Waals surface area contributed by atoms with Gasteiger partial charge in [0.1, 0.15) is 48.6 Å². The second-order valence-electron chi connectivity index (χ2n) is 16.8. The van der Waals surface area contributed by atoms with Crippen LogP contribution < -0.4 is 14.2 Å². The summed E-state index contributed by atoms with van der Waals surface area (Å²) in [5.41, 5.74) is 9.27. The van der Waals surface area contributed by atoms with Crippen molar-refractivity contribution in [3.05, 3.63) is 153 Å². The summed E-state index contributed by atoms with van der Waals surface area (Å²) in [6.45, 7) is 18.1. The van der Waals surface area contributed by atoms with Crippen LogP contribution >= 0.6 is 0 Å². The van der Waals surface area contributed by atoms with Crippen molar-refractivity contribution in [2.24, 2.45) is 0 Å². The predicted octanol–water partition coefficient (Wildman–Crippen LogP) is 9.22. The first-order chi connectivity index (χ1) is 32.4. The van der Waals surface area contributed by atoms with E-state index in [9.17, 15) is 19.8 Å². The topological polar surface area (TPSA) is 146 Å². The molecule has 0 saturated heterocycles. The van der Waals surface area contributed by atoms with E-state index in [1.165, 1.54) is 6.07 Å². The van der Waals surface area contributed by atoms with Crippen LogP contribution in [0.1, 0.15) is 91.9 Å². The SMILES string of the molecule is C=C(C)c1cc(C(=O)N2Cc3cccc(OCCOCCOC)c3C2)c(C)cc1OCc1ccccc1.COCCOCCOc1cccc2c1CN(C(=O)c1cc(C(C)C)c(O)cc1O)C2. The number of carbonyl (C=O) groups is 2. The van der Waals surface area contributed by atoms with Gasteiger partial charge in [0.25, 0.3) is 11.8 Å². The van der Waals surface area contributed by atoms with Crippen molar-refractivity contribution >= 4 is 17.4 Å². The largest absolute Gasteiger partial charge is 0.508 e. The van der Waals surface area contributed by atoms with E-state index < -0.39 is 0 Å². The Morgan fingerprint density at radius 3 is 1.66 bits per heavy atom. The maximum atomic E-state index is 13.7. The van der Waals surface area contributed by atoms with Crippen LogP contribution in [-0.2, 0) is 51.7 Å². The average molecular weight is 917 g/mol. The van der Waals surface area contributed by atoms with Gasteiger partial charge in [-0.1, -0.05) is 75.0 Å². The van der Waals surface area contributed by atoms with Gasteiger partial charge in [0.15, 0.2) is 0 Å². The molecule has 2 N–H and O–H groups in total. The van der Waals surface area contributed by atoms with Crippen molar-refractivity contribution in [1.82, 2.24) is 9.80 Å². The van der Waals surface area contributed by atoms with Crippen LogP contribution in [0.25, 0.3) is 5.57 Å². The molecule has 2 amide bonds. The molecule has 0 unspecified atom stereocenters. The van der Waals surface area contributed by atoms with E-state index in [4.69, 9.17) is 33.2 Å². The molecular formula is C54H64N2O11. The number of hydrogen-bond acceptors (Lipinski definition) is 11. The van der Waals surface area contributed by atoms with Crippen molar-refractivity contribution < 1.29 is 53.0 Å². The van der Waals surface area contributed by atoms with Crippen molar-refractivity contribution in [2.75, 3.05) is 67.1 Å². The highest BCUT2D eigenvalue weighted by Crippen LogP contribution is 2.37. The Morgan fingerprint density at radius 1 is 0.597 bits per heavy atom. The lowest BCUT2D eigenvalue weighted by atomic mass is 9.98. The summed E-state index contributed by atoms with van der Waals surface area (Å²) in [6.07, 6.45) is 0. The number of rotatable bonds is 21. The smallest absolute Gasteiger partial charge is 0.258 e. The molecule has 0 aromatic heterocycles. The average Bonchev–Trinajstić information content (AvgIpc) is 3.97. The molecule has 7 rings (SSSR count). The van der Waals surface area contributed by atoms with E-state index in [0.717, 1.165) is 61.8 Å². The number of phenolic OH excluding ortho intramolecular Hbond substituents is 2. The second-order valence-corrected chi connectivity index (χ2v) is 16.8. The molecule has 5 aromatic rings. The Hall–Kier alpha value is -6.38. The van der Waals surface area contributed by atoms with E-state index >= 15 is 0 Å². The molecule has 0 aliphatic carbocycles. The molecule has 13 heteroatoms. The Bertz CT molecular complexity index is 2470. The van der Waals surface area contributed by atoms with Crippen LogP contribution in [0.2, 0.25) is 0 Å². The summed E-state index contributed by atoms with van der Waals surface area (Å²) >= 11 is 0. The van der Waals surface area contributed by atoms with Gasteiger partial charge in [-0.3, -0.25) is 9.59 Å². The number of methoxy groups -OCH3 is 2. The van der Waals surface area contributed by atoms with Gasteiger partial charge in [0.2, 0.25) is 0 Å². The molecule has 0 spiro atoms. The summed E-state index contributed by atoms with van der Waals surface area (Å²) in [6, 6.07) is 28.4. The van der Waals surface area contributed by atoms with Gasteiger partial charge in [0.05, 0.1) is 58.3 Å². The summed E-state index contributed by atoms with van der Waals surface area (Å²) in [7, 11) is 3.27. The number of aryl methyl sites for hydroxylation is 1. The molecule has 5 aromatic carbocycles. The van der Waals surface area contributed by atoms with Crippen molar-refractivity contribution in [3.63, 3.8) is 0 Å². The fourth-order valence-electron chi connectivity index (χ4n) is 7.92. The number of phenols is 2. The Balaban J connectivity index is 0.000000226. The zero-order valence-electron chi connectivity index (χ0n) is 39.6. The lowest BCUT2D eigenvalue weighted by Crippen LogP contribution is -2.26. The molecule has 2 aliphatic rings. The van der Waals surface area contributed by atoms with Crippen LogP contribution in [0.15, 0.2) is 97.6 Å². The van der Waals surface area contributed by atoms with Gasteiger partial charge < -0.3 is 53.2 Å². The molecule has 2 aliphatic heterocycles. The minimum atomic E-state index is -0.278. The molecule has 13 nitrogen and oxygen atoms in total. The minimum absolute atomic E-state index is 0.00726. The molecule has 0 radical (unpaired) electrons. The molecule has 0 saturated carbocycles. The quantitative estimate of drug-likeness (QED) is 0.0680. The predicted molar refractivity (Wildman–Crippen MR) is 257 cm³/mol. The molecule has 0 bridgehead atoms. The third-order valence-corrected chi connectivity index (χ3v) is 11.5. The van der Waals surface area contributed by atoms with Gasteiger partial charge in [-0.05, 0) is 83.5 Å². The third-order valence-electron chi connectivity index (χ3n) is 11.5. The highest BCUT2D eigenvalue weighted by Gasteiger charge is 2.30. The van der Waals surface area contributed by atoms with E-state index in [1.807, 2.05) is 105 Å². The number of allylic oxidation sites excluding steroid dienone is 1. The molecule has 0 fully saturated rings. The monoisotopic (exact) mass is 916 g/mol. The number of nitrogens with zero attached hydrogens (tertiary/aromatic N) is 2. The third kappa shape index (κ3) is 13.2. The molecule has 356 valence electrons. The van der Waals surface area contributed by atoms with Crippen LogP contribution in [0.4, 0.5) is 0 Å².